The molecule has 0 saturated heterocycles. The SMILES string of the molecule is COc1ccc([C@H]2c3ccsc3CCN2C(=O)CN(C(=O)C(C)C)C(C)C)cc1. The number of hydrogen-bond acceptors (Lipinski definition) is 4. The number of methoxy groups -OCH3 is 1. The van der Waals surface area contributed by atoms with Crippen LogP contribution in [0.3, 0.4) is 0 Å². The summed E-state index contributed by atoms with van der Waals surface area (Å²) in [5.41, 5.74) is 2.25. The van der Waals surface area contributed by atoms with Crippen molar-refractivity contribution in [3.63, 3.8) is 0 Å². The summed E-state index contributed by atoms with van der Waals surface area (Å²) in [5, 5.41) is 2.10. The molecule has 2 amide bonds. The number of carbonyl (C=O) groups is 2. The van der Waals surface area contributed by atoms with Crippen molar-refractivity contribution < 1.29 is 14.3 Å². The minimum atomic E-state index is -0.133. The van der Waals surface area contributed by atoms with E-state index in [2.05, 4.69) is 11.4 Å². The fraction of sp³-hybridized carbons (Fsp3) is 0.478. The Morgan fingerprint density at radius 1 is 1.17 bits per heavy atom. The van der Waals surface area contributed by atoms with Crippen LogP contribution < -0.4 is 4.74 Å². The molecule has 0 unspecified atom stereocenters. The molecule has 1 aromatic carbocycles. The highest BCUT2D eigenvalue weighted by molar-refractivity contribution is 7.10. The summed E-state index contributed by atoms with van der Waals surface area (Å²) in [6, 6.07) is 9.88. The van der Waals surface area contributed by atoms with Crippen LogP contribution in [0.4, 0.5) is 0 Å². The minimum Gasteiger partial charge on any atom is -0.497 e. The topological polar surface area (TPSA) is 49.9 Å². The van der Waals surface area contributed by atoms with Gasteiger partial charge in [-0.05, 0) is 55.0 Å². The molecule has 156 valence electrons. The van der Waals surface area contributed by atoms with Crippen LogP contribution >= 0.6 is 11.3 Å². The van der Waals surface area contributed by atoms with Gasteiger partial charge < -0.3 is 14.5 Å². The molecule has 1 aliphatic rings. The van der Waals surface area contributed by atoms with Crippen LogP contribution in [0.2, 0.25) is 0 Å². The first-order valence-electron chi connectivity index (χ1n) is 10.1. The van der Waals surface area contributed by atoms with E-state index in [1.54, 1.807) is 23.3 Å². The number of benzene rings is 1. The Morgan fingerprint density at radius 3 is 2.45 bits per heavy atom. The van der Waals surface area contributed by atoms with Gasteiger partial charge in [-0.2, -0.15) is 0 Å². The zero-order valence-corrected chi connectivity index (χ0v) is 18.7. The number of ether oxygens (including phenoxy) is 1. The van der Waals surface area contributed by atoms with Gasteiger partial charge in [0.1, 0.15) is 12.3 Å². The fourth-order valence-electron chi connectivity index (χ4n) is 3.81. The maximum atomic E-state index is 13.4. The molecule has 1 aliphatic heterocycles. The molecule has 29 heavy (non-hydrogen) atoms. The lowest BCUT2D eigenvalue weighted by Crippen LogP contribution is -2.49. The molecule has 0 fully saturated rings. The van der Waals surface area contributed by atoms with Crippen molar-refractivity contribution in [1.29, 1.82) is 0 Å². The van der Waals surface area contributed by atoms with Crippen LogP contribution in [0.25, 0.3) is 0 Å². The number of hydrogen-bond donors (Lipinski definition) is 0. The fourth-order valence-corrected chi connectivity index (χ4v) is 4.72. The number of rotatable bonds is 6. The van der Waals surface area contributed by atoms with Gasteiger partial charge in [-0.15, -0.1) is 11.3 Å². The Balaban J connectivity index is 1.91. The molecule has 1 aromatic heterocycles. The van der Waals surface area contributed by atoms with E-state index in [-0.39, 0.29) is 36.4 Å². The zero-order valence-electron chi connectivity index (χ0n) is 17.8. The van der Waals surface area contributed by atoms with E-state index in [1.165, 1.54) is 10.4 Å². The summed E-state index contributed by atoms with van der Waals surface area (Å²) in [7, 11) is 1.65. The third-order valence-corrected chi connectivity index (χ3v) is 6.42. The van der Waals surface area contributed by atoms with Gasteiger partial charge in [0.05, 0.1) is 13.2 Å². The number of fused-ring (bicyclic) bond motifs is 1. The van der Waals surface area contributed by atoms with Crippen molar-refractivity contribution in [2.45, 2.75) is 46.2 Å². The van der Waals surface area contributed by atoms with E-state index < -0.39 is 0 Å². The molecular formula is C23H30N2O3S. The van der Waals surface area contributed by atoms with Gasteiger partial charge in [0, 0.05) is 23.4 Å². The predicted molar refractivity (Wildman–Crippen MR) is 116 cm³/mol. The van der Waals surface area contributed by atoms with Crippen LogP contribution in [0, 0.1) is 5.92 Å². The maximum absolute atomic E-state index is 13.4. The molecule has 3 rings (SSSR count). The van der Waals surface area contributed by atoms with Crippen LogP contribution in [0.1, 0.15) is 49.7 Å². The van der Waals surface area contributed by atoms with Crippen LogP contribution in [-0.2, 0) is 16.0 Å². The molecule has 0 aliphatic carbocycles. The highest BCUT2D eigenvalue weighted by Crippen LogP contribution is 2.38. The van der Waals surface area contributed by atoms with Gasteiger partial charge in [-0.3, -0.25) is 9.59 Å². The van der Waals surface area contributed by atoms with Crippen LogP contribution in [0.5, 0.6) is 5.75 Å². The third kappa shape index (κ3) is 4.47. The van der Waals surface area contributed by atoms with Gasteiger partial charge in [-0.25, -0.2) is 0 Å². The second-order valence-electron chi connectivity index (χ2n) is 8.03. The summed E-state index contributed by atoms with van der Waals surface area (Å²) in [4.78, 5) is 31.0. The zero-order chi connectivity index (χ0) is 21.1. The number of thiophene rings is 1. The normalized spacial score (nSPS) is 16.1. The molecule has 0 spiro atoms. The molecule has 0 bridgehead atoms. The van der Waals surface area contributed by atoms with Crippen molar-refractivity contribution >= 4 is 23.2 Å². The second-order valence-corrected chi connectivity index (χ2v) is 9.03. The summed E-state index contributed by atoms with van der Waals surface area (Å²) < 4.78 is 5.29. The lowest BCUT2D eigenvalue weighted by Gasteiger charge is -2.38. The third-order valence-electron chi connectivity index (χ3n) is 5.42. The standard InChI is InChI=1S/C23H30N2O3S/c1-15(2)23(27)25(16(3)4)14-21(26)24-12-10-20-19(11-13-29-20)22(24)17-6-8-18(28-5)9-7-17/h6-9,11,13,15-16,22H,10,12,14H2,1-5H3/t22-/m0/s1. The predicted octanol–water partition coefficient (Wildman–Crippen LogP) is 4.12. The van der Waals surface area contributed by atoms with Crippen molar-refractivity contribution in [1.82, 2.24) is 9.80 Å². The van der Waals surface area contributed by atoms with Gasteiger partial charge in [0.2, 0.25) is 11.8 Å². The first kappa shape index (κ1) is 21.4. The van der Waals surface area contributed by atoms with Crippen molar-refractivity contribution in [3.05, 3.63) is 51.7 Å². The quantitative estimate of drug-likeness (QED) is 0.714. The molecule has 0 saturated carbocycles. The highest BCUT2D eigenvalue weighted by atomic mass is 32.1. The number of carbonyl (C=O) groups excluding carboxylic acids is 2. The monoisotopic (exact) mass is 414 g/mol. The second kappa shape index (κ2) is 8.99. The smallest absolute Gasteiger partial charge is 0.243 e. The lowest BCUT2D eigenvalue weighted by atomic mass is 9.93. The van der Waals surface area contributed by atoms with Gasteiger partial charge >= 0.3 is 0 Å². The first-order valence-corrected chi connectivity index (χ1v) is 11.0. The molecule has 2 heterocycles. The molecule has 1 atom stereocenters. The van der Waals surface area contributed by atoms with Gasteiger partial charge in [0.15, 0.2) is 0 Å². The number of amides is 2. The summed E-state index contributed by atoms with van der Waals surface area (Å²) in [6.45, 7) is 8.44. The Morgan fingerprint density at radius 2 is 1.86 bits per heavy atom. The Labute approximate surface area is 177 Å². The van der Waals surface area contributed by atoms with Crippen molar-refractivity contribution in [3.8, 4) is 5.75 Å². The summed E-state index contributed by atoms with van der Waals surface area (Å²) >= 11 is 1.75. The van der Waals surface area contributed by atoms with E-state index in [0.717, 1.165) is 17.7 Å². The van der Waals surface area contributed by atoms with Gasteiger partial charge in [0.25, 0.3) is 0 Å². The highest BCUT2D eigenvalue weighted by Gasteiger charge is 2.34. The van der Waals surface area contributed by atoms with E-state index in [1.807, 2.05) is 56.9 Å². The van der Waals surface area contributed by atoms with Crippen molar-refractivity contribution in [2.75, 3.05) is 20.2 Å². The van der Waals surface area contributed by atoms with Crippen LogP contribution in [-0.4, -0.2) is 47.9 Å². The van der Waals surface area contributed by atoms with E-state index in [4.69, 9.17) is 4.74 Å². The molecule has 0 radical (unpaired) electrons. The molecule has 0 N–H and O–H groups in total. The van der Waals surface area contributed by atoms with Crippen LogP contribution in [0.15, 0.2) is 35.7 Å². The lowest BCUT2D eigenvalue weighted by molar-refractivity contribution is -0.145. The molecule has 6 heteroatoms. The Kier molecular flexibility index (Phi) is 6.63. The number of nitrogens with zero attached hydrogens (tertiary/aromatic N) is 2. The first-order chi connectivity index (χ1) is 13.8. The Bertz CT molecular complexity index is 857. The molecule has 5 nitrogen and oxygen atoms in total. The average Bonchev–Trinajstić information content (AvgIpc) is 3.19. The van der Waals surface area contributed by atoms with E-state index >= 15 is 0 Å². The van der Waals surface area contributed by atoms with Gasteiger partial charge in [-0.1, -0.05) is 26.0 Å². The molecular weight excluding hydrogens is 384 g/mol. The van der Waals surface area contributed by atoms with E-state index in [9.17, 15) is 9.59 Å². The average molecular weight is 415 g/mol. The Hall–Kier alpha value is -2.34. The maximum Gasteiger partial charge on any atom is 0.243 e. The van der Waals surface area contributed by atoms with E-state index in [0.29, 0.717) is 6.54 Å². The summed E-state index contributed by atoms with van der Waals surface area (Å²) in [6.07, 6.45) is 0.852. The minimum absolute atomic E-state index is 0.00892. The largest absolute Gasteiger partial charge is 0.497 e. The molecule has 2 aromatic rings. The van der Waals surface area contributed by atoms with Crippen molar-refractivity contribution in [2.24, 2.45) is 5.92 Å². The summed E-state index contributed by atoms with van der Waals surface area (Å²) in [5.74, 6) is 0.668.